The highest BCUT2D eigenvalue weighted by atomic mass is 32.2. The summed E-state index contributed by atoms with van der Waals surface area (Å²) in [6.45, 7) is 32.7. The normalized spacial score (nSPS) is 22.3. The molecule has 0 unspecified atom stereocenters. The van der Waals surface area contributed by atoms with Crippen LogP contribution in [0.4, 0.5) is 19.0 Å². The van der Waals surface area contributed by atoms with Crippen LogP contribution in [0.1, 0.15) is 111 Å². The Labute approximate surface area is 325 Å². The minimum atomic E-state index is -6.52. The van der Waals surface area contributed by atoms with Crippen LogP contribution in [0.3, 0.4) is 0 Å². The van der Waals surface area contributed by atoms with Crippen LogP contribution >= 0.6 is 0 Å². The molecule has 54 heavy (non-hydrogen) atoms. The summed E-state index contributed by atoms with van der Waals surface area (Å²) in [5.74, 6) is -0.251. The number of hydrogen-bond acceptors (Lipinski definition) is 11. The topological polar surface area (TPSA) is 158 Å². The van der Waals surface area contributed by atoms with Crippen LogP contribution in [0.2, 0.25) is 44.3 Å². The Balaban J connectivity index is 2.86. The molecule has 314 valence electrons. The molecule has 3 N–H and O–H groups in total. The molecule has 0 bridgehead atoms. The molecular weight excluding hydrogens is 796 g/mol. The van der Waals surface area contributed by atoms with Gasteiger partial charge in [-0.15, -0.1) is 0 Å². The van der Waals surface area contributed by atoms with Crippen molar-refractivity contribution < 1.29 is 50.4 Å². The van der Waals surface area contributed by atoms with E-state index in [-0.39, 0.29) is 39.1 Å². The van der Waals surface area contributed by atoms with Crippen molar-refractivity contribution in [3.63, 3.8) is 0 Å². The van der Waals surface area contributed by atoms with Crippen molar-refractivity contribution in [1.82, 2.24) is 9.97 Å². The zero-order chi connectivity index (χ0) is 41.9. The van der Waals surface area contributed by atoms with E-state index >= 15 is 0 Å². The maximum absolute atomic E-state index is 14.7. The molecule has 12 nitrogen and oxygen atoms in total. The fourth-order valence-electron chi connectivity index (χ4n) is 8.84. The molecule has 1 aliphatic heterocycles. The van der Waals surface area contributed by atoms with Crippen LogP contribution < -0.4 is 11.0 Å². The van der Waals surface area contributed by atoms with Gasteiger partial charge < -0.3 is 15.2 Å². The summed E-state index contributed by atoms with van der Waals surface area (Å²) in [6.07, 6.45) is -5.18. The first-order chi connectivity index (χ1) is 24.6. The lowest BCUT2D eigenvalue weighted by Gasteiger charge is -2.47. The van der Waals surface area contributed by atoms with Crippen LogP contribution in [0, 0.1) is 0 Å². The second-order valence-corrected chi connectivity index (χ2v) is 41.7. The van der Waals surface area contributed by atoms with E-state index in [9.17, 15) is 31.5 Å². The molecule has 2 heterocycles. The van der Waals surface area contributed by atoms with E-state index in [0.717, 1.165) is 6.20 Å². The SMILES string of the molecule is CC(C)[Si](C(C)C)[Si](OOC[C@H]1O[C@@H](Nc2ccnc(=O)[nH]2)[C@](O)(S(=O)(=O)C(F)(F)F)[C@@H]1OO[Si](C(C)C)(C(C)C)[Si](C(C)C)C(C)C)(C(C)C)C(C)C. The van der Waals surface area contributed by atoms with Crippen molar-refractivity contribution >= 4 is 48.0 Å². The summed E-state index contributed by atoms with van der Waals surface area (Å²) in [4.78, 5) is 26.1. The number of halogens is 3. The molecule has 1 saturated heterocycles. The Morgan fingerprint density at radius 2 is 1.28 bits per heavy atom. The third-order valence-electron chi connectivity index (χ3n) is 10.7. The zero-order valence-electron chi connectivity index (χ0n) is 34.9. The van der Waals surface area contributed by atoms with Crippen LogP contribution in [0.15, 0.2) is 17.1 Å². The standard InChI is InChI=1S/C34H66F3N3O9SSi4/c1-20(2)51(21(3)4)53(24(9)10,25(11)12)48-45-19-28-30(47-49-54(26(13)14,27(15)16)52(22(5)6)23(7)8)33(42,50(43,44)34(35,36)37)31(46-28)39-29-17-18-38-32(41)40-29/h17-18,20-28,30-31,42H,19H2,1-16H3,(H2,38,39,40,41)/t28-,30-,31-,33-/m1/s1. The molecule has 0 spiro atoms. The minimum Gasteiger partial charge on any atom is -0.368 e. The molecule has 4 atom stereocenters. The number of aromatic nitrogens is 2. The third-order valence-corrected chi connectivity index (χ3v) is 46.8. The Morgan fingerprint density at radius 1 is 0.852 bits per heavy atom. The average molecular weight is 862 g/mol. The molecule has 1 aliphatic rings. The van der Waals surface area contributed by atoms with E-state index in [1.807, 2.05) is 27.7 Å². The maximum atomic E-state index is 14.7. The average Bonchev–Trinajstić information content (AvgIpc) is 3.27. The number of hydrogen-bond donors (Lipinski definition) is 3. The second kappa shape index (κ2) is 18.8. The molecule has 0 aromatic carbocycles. The van der Waals surface area contributed by atoms with Gasteiger partial charge in [-0.1, -0.05) is 133 Å². The molecule has 1 aromatic rings. The van der Waals surface area contributed by atoms with Gasteiger partial charge in [-0.2, -0.15) is 13.2 Å². The van der Waals surface area contributed by atoms with Crippen molar-refractivity contribution in [3.05, 3.63) is 22.7 Å². The first kappa shape index (κ1) is 49.2. The van der Waals surface area contributed by atoms with Gasteiger partial charge in [-0.25, -0.2) is 28.0 Å². The van der Waals surface area contributed by atoms with Crippen LogP contribution in [-0.4, -0.2) is 91.3 Å². The second-order valence-electron chi connectivity index (χ2n) is 16.9. The summed E-state index contributed by atoms with van der Waals surface area (Å²) < 4.78 is 90.4. The van der Waals surface area contributed by atoms with Gasteiger partial charge in [0.1, 0.15) is 18.5 Å². The lowest BCUT2D eigenvalue weighted by Crippen LogP contribution is -2.65. The number of nitrogens with one attached hydrogen (secondary N) is 2. The van der Waals surface area contributed by atoms with E-state index in [1.165, 1.54) is 6.07 Å². The molecule has 20 heteroatoms. The summed E-state index contributed by atoms with van der Waals surface area (Å²) in [7, 11) is -15.0. The monoisotopic (exact) mass is 861 g/mol. The van der Waals surface area contributed by atoms with Gasteiger partial charge >= 0.3 is 11.2 Å². The quantitative estimate of drug-likeness (QED) is 0.0661. The lowest BCUT2D eigenvalue weighted by molar-refractivity contribution is -0.300. The molecule has 1 fully saturated rings. The smallest absolute Gasteiger partial charge is 0.368 e. The van der Waals surface area contributed by atoms with Crippen molar-refractivity contribution in [1.29, 1.82) is 0 Å². The van der Waals surface area contributed by atoms with E-state index in [0.29, 0.717) is 11.1 Å². The molecule has 0 saturated carbocycles. The van der Waals surface area contributed by atoms with E-state index < -0.39 is 83.3 Å². The third kappa shape index (κ3) is 9.49. The highest BCUT2D eigenvalue weighted by Gasteiger charge is 2.73. The number of aliphatic hydroxyl groups is 1. The van der Waals surface area contributed by atoms with Crippen LogP contribution in [0.25, 0.3) is 0 Å². The predicted octanol–water partition coefficient (Wildman–Crippen LogP) is 8.11. The van der Waals surface area contributed by atoms with Gasteiger partial charge in [0, 0.05) is 6.20 Å². The van der Waals surface area contributed by atoms with E-state index in [1.54, 1.807) is 0 Å². The van der Waals surface area contributed by atoms with Crippen molar-refractivity contribution in [2.45, 2.75) is 184 Å². The fourth-order valence-corrected chi connectivity index (χ4v) is 42.9. The summed E-state index contributed by atoms with van der Waals surface area (Å²) >= 11 is 0. The van der Waals surface area contributed by atoms with Gasteiger partial charge in [0.05, 0.1) is 16.6 Å². The lowest BCUT2D eigenvalue weighted by atomic mass is 10.1. The van der Waals surface area contributed by atoms with Gasteiger partial charge in [0.15, 0.2) is 12.3 Å². The molecule has 2 rings (SSSR count). The number of aromatic amines is 1. The number of anilines is 1. The Kier molecular flexibility index (Phi) is 17.1. The Bertz CT molecular complexity index is 1480. The number of alkyl halides is 3. The predicted molar refractivity (Wildman–Crippen MR) is 214 cm³/mol. The summed E-state index contributed by atoms with van der Waals surface area (Å²) in [5.41, 5.74) is -5.89. The Hall–Kier alpha value is -0.952. The highest BCUT2D eigenvalue weighted by Crippen LogP contribution is 2.49. The first-order valence-corrected chi connectivity index (χ1v) is 29.9. The van der Waals surface area contributed by atoms with Gasteiger partial charge in [-0.3, -0.25) is 14.1 Å². The summed E-state index contributed by atoms with van der Waals surface area (Å²) in [6, 6.07) is 1.19. The number of ether oxygens (including phenoxy) is 1. The van der Waals surface area contributed by atoms with Gasteiger partial charge in [0.2, 0.25) is 15.7 Å². The van der Waals surface area contributed by atoms with Crippen LogP contribution in [-0.2, 0) is 33.5 Å². The molecule has 1 aromatic heterocycles. The number of nitrogens with zero attached hydrogens (tertiary/aromatic N) is 1. The van der Waals surface area contributed by atoms with Crippen molar-refractivity contribution in [2.24, 2.45) is 0 Å². The first-order valence-electron chi connectivity index (χ1n) is 19.0. The number of rotatable bonds is 20. The molecule has 0 aliphatic carbocycles. The van der Waals surface area contributed by atoms with Crippen molar-refractivity contribution in [3.8, 4) is 0 Å². The van der Waals surface area contributed by atoms with Crippen molar-refractivity contribution in [2.75, 3.05) is 11.9 Å². The zero-order valence-corrected chi connectivity index (χ0v) is 39.7. The van der Waals surface area contributed by atoms with Gasteiger partial charge in [-0.05, 0) is 28.2 Å². The molecular formula is C34H66F3N3O9SSi4. The van der Waals surface area contributed by atoms with E-state index in [2.05, 4.69) is 98.4 Å². The minimum absolute atomic E-state index is 0.0906. The maximum Gasteiger partial charge on any atom is 0.500 e. The number of H-pyrrole nitrogens is 1. The van der Waals surface area contributed by atoms with Gasteiger partial charge in [0.25, 0.3) is 14.8 Å². The summed E-state index contributed by atoms with van der Waals surface area (Å²) in [5, 5.41) is 14.7. The largest absolute Gasteiger partial charge is 0.500 e. The fraction of sp³-hybridized carbons (Fsp3) is 0.882. The number of sulfone groups is 1. The Morgan fingerprint density at radius 3 is 1.65 bits per heavy atom. The highest BCUT2D eigenvalue weighted by molar-refractivity contribution is 7.93. The molecule has 2 radical (unpaired) electrons. The van der Waals surface area contributed by atoms with Crippen LogP contribution in [0.5, 0.6) is 0 Å². The molecule has 0 amide bonds. The van der Waals surface area contributed by atoms with E-state index in [4.69, 9.17) is 23.7 Å².